The van der Waals surface area contributed by atoms with E-state index in [1.54, 1.807) is 12.1 Å². The number of hydrogen-bond donors (Lipinski definition) is 1. The number of likely N-dealkylation sites (tertiary alicyclic amines) is 1. The van der Waals surface area contributed by atoms with Crippen molar-refractivity contribution >= 4 is 17.5 Å². The number of hydrogen-bond acceptors (Lipinski definition) is 3. The Balaban J connectivity index is 1.74. The molecule has 0 bridgehead atoms. The zero-order valence-electron chi connectivity index (χ0n) is 13.1. The largest absolute Gasteiger partial charge is 0.381 e. The predicted molar refractivity (Wildman–Crippen MR) is 86.9 cm³/mol. The van der Waals surface area contributed by atoms with E-state index in [4.69, 9.17) is 16.3 Å². The highest BCUT2D eigenvalue weighted by Crippen LogP contribution is 2.32. The third-order valence-electron chi connectivity index (χ3n) is 4.68. The number of ether oxygens (including phenoxy) is 1. The maximum Gasteiger partial charge on any atom is 0.225 e. The van der Waals surface area contributed by atoms with Gasteiger partial charge < -0.3 is 10.1 Å². The number of halogens is 2. The molecule has 2 saturated heterocycles. The highest BCUT2D eigenvalue weighted by molar-refractivity contribution is 6.31. The van der Waals surface area contributed by atoms with Gasteiger partial charge in [0.15, 0.2) is 0 Å². The smallest absolute Gasteiger partial charge is 0.225 e. The first-order valence-corrected chi connectivity index (χ1v) is 8.58. The van der Waals surface area contributed by atoms with Crippen LogP contribution >= 0.6 is 11.6 Å². The summed E-state index contributed by atoms with van der Waals surface area (Å²) in [5.74, 6) is -0.419. The molecule has 2 aliphatic rings. The Morgan fingerprint density at radius 1 is 1.43 bits per heavy atom. The van der Waals surface area contributed by atoms with Crippen molar-refractivity contribution in [3.63, 3.8) is 0 Å². The fourth-order valence-corrected chi connectivity index (χ4v) is 3.67. The summed E-state index contributed by atoms with van der Waals surface area (Å²) in [6.07, 6.45) is 2.93. The quantitative estimate of drug-likeness (QED) is 0.896. The number of amides is 1. The molecule has 23 heavy (non-hydrogen) atoms. The van der Waals surface area contributed by atoms with Crippen molar-refractivity contribution in [3.05, 3.63) is 34.6 Å². The molecule has 1 N–H and O–H groups in total. The Hall–Kier alpha value is -1.17. The minimum atomic E-state index is -0.312. The third-order valence-corrected chi connectivity index (χ3v) is 5.01. The third kappa shape index (κ3) is 3.84. The molecule has 3 rings (SSSR count). The molecule has 2 fully saturated rings. The summed E-state index contributed by atoms with van der Waals surface area (Å²) >= 11 is 6.25. The molecular weight excluding hydrogens is 319 g/mol. The molecule has 0 spiro atoms. The molecular formula is C17H22ClFN2O2. The normalized spacial score (nSPS) is 23.1. The minimum Gasteiger partial charge on any atom is -0.381 e. The van der Waals surface area contributed by atoms with Gasteiger partial charge in [-0.25, -0.2) is 4.39 Å². The molecule has 4 nitrogen and oxygen atoms in total. The lowest BCUT2D eigenvalue weighted by molar-refractivity contribution is -0.125. The van der Waals surface area contributed by atoms with Crippen LogP contribution in [0.15, 0.2) is 18.2 Å². The van der Waals surface area contributed by atoms with Crippen molar-refractivity contribution in [2.24, 2.45) is 5.92 Å². The van der Waals surface area contributed by atoms with Crippen LogP contribution in [0.3, 0.4) is 0 Å². The number of benzene rings is 1. The Kier molecular flexibility index (Phi) is 5.51. The molecule has 0 saturated carbocycles. The monoisotopic (exact) mass is 340 g/mol. The van der Waals surface area contributed by atoms with E-state index in [1.807, 2.05) is 0 Å². The Morgan fingerprint density at radius 3 is 2.87 bits per heavy atom. The maximum atomic E-state index is 14.3. The predicted octanol–water partition coefficient (Wildman–Crippen LogP) is 2.77. The van der Waals surface area contributed by atoms with E-state index in [-0.39, 0.29) is 23.7 Å². The average Bonchev–Trinajstić information content (AvgIpc) is 3.22. The number of nitrogens with one attached hydrogen (secondary N) is 1. The second-order valence-electron chi connectivity index (χ2n) is 6.20. The molecule has 0 aliphatic carbocycles. The van der Waals surface area contributed by atoms with Gasteiger partial charge in [-0.2, -0.15) is 0 Å². The van der Waals surface area contributed by atoms with Crippen LogP contribution in [0.4, 0.5) is 4.39 Å². The zero-order chi connectivity index (χ0) is 16.2. The van der Waals surface area contributed by atoms with Crippen molar-refractivity contribution in [3.8, 4) is 0 Å². The van der Waals surface area contributed by atoms with Gasteiger partial charge in [0.05, 0.1) is 18.6 Å². The summed E-state index contributed by atoms with van der Waals surface area (Å²) in [5.41, 5.74) is 0.485. The molecule has 0 radical (unpaired) electrons. The number of rotatable bonds is 5. The van der Waals surface area contributed by atoms with Gasteiger partial charge in [0.1, 0.15) is 5.82 Å². The molecule has 1 amide bonds. The van der Waals surface area contributed by atoms with Gasteiger partial charge in [-0.1, -0.05) is 17.7 Å². The van der Waals surface area contributed by atoms with E-state index in [9.17, 15) is 9.18 Å². The van der Waals surface area contributed by atoms with Crippen LogP contribution in [0.25, 0.3) is 0 Å². The first kappa shape index (κ1) is 16.7. The lowest BCUT2D eigenvalue weighted by Gasteiger charge is -2.29. The lowest BCUT2D eigenvalue weighted by atomic mass is 10.0. The Labute approximate surface area is 140 Å². The summed E-state index contributed by atoms with van der Waals surface area (Å²) in [6.45, 7) is 3.28. The second kappa shape index (κ2) is 7.60. The summed E-state index contributed by atoms with van der Waals surface area (Å²) in [4.78, 5) is 14.4. The van der Waals surface area contributed by atoms with E-state index in [0.717, 1.165) is 32.4 Å². The Bertz CT molecular complexity index is 537. The zero-order valence-corrected chi connectivity index (χ0v) is 13.8. The van der Waals surface area contributed by atoms with E-state index < -0.39 is 0 Å². The van der Waals surface area contributed by atoms with E-state index in [0.29, 0.717) is 30.3 Å². The van der Waals surface area contributed by atoms with Gasteiger partial charge in [-0.3, -0.25) is 9.69 Å². The molecule has 2 aliphatic heterocycles. The summed E-state index contributed by atoms with van der Waals surface area (Å²) in [6, 6.07) is 4.51. The van der Waals surface area contributed by atoms with Gasteiger partial charge in [0.2, 0.25) is 5.91 Å². The highest BCUT2D eigenvalue weighted by atomic mass is 35.5. The maximum absolute atomic E-state index is 14.3. The number of nitrogens with zero attached hydrogens (tertiary/aromatic N) is 1. The molecule has 126 valence electrons. The van der Waals surface area contributed by atoms with Crippen LogP contribution in [0.1, 0.15) is 30.9 Å². The second-order valence-corrected chi connectivity index (χ2v) is 6.61. The average molecular weight is 341 g/mol. The van der Waals surface area contributed by atoms with Crippen LogP contribution in [-0.4, -0.2) is 43.7 Å². The van der Waals surface area contributed by atoms with Gasteiger partial charge in [0, 0.05) is 23.7 Å². The minimum absolute atomic E-state index is 0.0147. The van der Waals surface area contributed by atoms with Gasteiger partial charge in [-0.05, 0) is 44.5 Å². The molecule has 0 unspecified atom stereocenters. The lowest BCUT2D eigenvalue weighted by Crippen LogP contribution is -2.39. The van der Waals surface area contributed by atoms with Crippen molar-refractivity contribution in [1.29, 1.82) is 0 Å². The van der Waals surface area contributed by atoms with Crippen LogP contribution in [0, 0.1) is 11.7 Å². The first-order valence-electron chi connectivity index (χ1n) is 8.20. The van der Waals surface area contributed by atoms with Crippen LogP contribution in [0.2, 0.25) is 5.02 Å². The summed E-state index contributed by atoms with van der Waals surface area (Å²) in [7, 11) is 0. The van der Waals surface area contributed by atoms with E-state index >= 15 is 0 Å². The fourth-order valence-electron chi connectivity index (χ4n) is 3.38. The Morgan fingerprint density at radius 2 is 2.22 bits per heavy atom. The standard InChI is InChI=1S/C17H22ClFN2O2/c18-13-4-3-5-14(19)16(13)15(21-7-1-2-8-21)10-20-17(22)12-6-9-23-11-12/h3-5,12,15H,1-2,6-11H2,(H,20,22)/t12-,15-/m1/s1. The van der Waals surface area contributed by atoms with Gasteiger partial charge >= 0.3 is 0 Å². The van der Waals surface area contributed by atoms with E-state index in [1.165, 1.54) is 6.07 Å². The van der Waals surface area contributed by atoms with E-state index in [2.05, 4.69) is 10.2 Å². The van der Waals surface area contributed by atoms with Crippen molar-refractivity contribution < 1.29 is 13.9 Å². The SMILES string of the molecule is O=C(NC[C@H](c1c(F)cccc1Cl)N1CCCC1)[C@@H]1CCOC1. The van der Waals surface area contributed by atoms with Crippen molar-refractivity contribution in [2.75, 3.05) is 32.8 Å². The highest BCUT2D eigenvalue weighted by Gasteiger charge is 2.30. The van der Waals surface area contributed by atoms with Crippen LogP contribution in [0.5, 0.6) is 0 Å². The fraction of sp³-hybridized carbons (Fsp3) is 0.588. The summed E-state index contributed by atoms with van der Waals surface area (Å²) < 4.78 is 19.6. The van der Waals surface area contributed by atoms with Gasteiger partial charge in [-0.15, -0.1) is 0 Å². The molecule has 6 heteroatoms. The van der Waals surface area contributed by atoms with Crippen molar-refractivity contribution in [2.45, 2.75) is 25.3 Å². The molecule has 2 heterocycles. The molecule has 0 aromatic heterocycles. The molecule has 1 aromatic rings. The van der Waals surface area contributed by atoms with Gasteiger partial charge in [0.25, 0.3) is 0 Å². The van der Waals surface area contributed by atoms with Crippen molar-refractivity contribution in [1.82, 2.24) is 10.2 Å². The first-order chi connectivity index (χ1) is 11.2. The number of carbonyl (C=O) groups excluding carboxylic acids is 1. The summed E-state index contributed by atoms with van der Waals surface area (Å²) in [5, 5.41) is 3.39. The molecule has 2 atom stereocenters. The topological polar surface area (TPSA) is 41.6 Å². The van der Waals surface area contributed by atoms with Crippen LogP contribution in [-0.2, 0) is 9.53 Å². The van der Waals surface area contributed by atoms with Crippen LogP contribution < -0.4 is 5.32 Å². The number of carbonyl (C=O) groups is 1. The molecule has 1 aromatic carbocycles.